The van der Waals surface area contributed by atoms with Crippen LogP contribution in [0.3, 0.4) is 0 Å². The standard InChI is InChI=1S/C20H18F3N3O7/c1-11(24-14-4-2-12(20(21,22)23)8-15(14)26(29)30)19(28)33-10-18(27)25-13-3-5-16-17(9-13)32-7-6-31-16/h2-5,8-9,11,24H,6-7,10H2,1H3,(H,25,27). The summed E-state index contributed by atoms with van der Waals surface area (Å²) in [6.45, 7) is 1.40. The fourth-order valence-corrected chi connectivity index (χ4v) is 2.85. The molecule has 1 atom stereocenters. The number of carbonyl (C=O) groups excluding carboxylic acids is 2. The van der Waals surface area contributed by atoms with Crippen LogP contribution in [-0.2, 0) is 20.5 Å². The van der Waals surface area contributed by atoms with Crippen molar-refractivity contribution >= 4 is 28.9 Å². The number of nitro benzene ring substituents is 1. The van der Waals surface area contributed by atoms with E-state index in [0.717, 1.165) is 6.07 Å². The maximum atomic E-state index is 12.8. The van der Waals surface area contributed by atoms with Crippen molar-refractivity contribution in [1.29, 1.82) is 0 Å². The van der Waals surface area contributed by atoms with Gasteiger partial charge in [-0.25, -0.2) is 4.79 Å². The Labute approximate surface area is 184 Å². The van der Waals surface area contributed by atoms with Crippen molar-refractivity contribution in [3.63, 3.8) is 0 Å². The largest absolute Gasteiger partial charge is 0.486 e. The van der Waals surface area contributed by atoms with Gasteiger partial charge in [0.25, 0.3) is 11.6 Å². The molecular formula is C20H18F3N3O7. The topological polar surface area (TPSA) is 129 Å². The summed E-state index contributed by atoms with van der Waals surface area (Å²) in [7, 11) is 0. The van der Waals surface area contributed by atoms with Gasteiger partial charge in [0, 0.05) is 17.8 Å². The van der Waals surface area contributed by atoms with Crippen LogP contribution in [0, 0.1) is 10.1 Å². The van der Waals surface area contributed by atoms with Gasteiger partial charge in [-0.3, -0.25) is 14.9 Å². The molecule has 1 amide bonds. The normalized spacial score (nSPS) is 13.6. The second-order valence-electron chi connectivity index (χ2n) is 6.87. The molecule has 0 saturated heterocycles. The molecule has 3 rings (SSSR count). The van der Waals surface area contributed by atoms with Gasteiger partial charge in [0.1, 0.15) is 24.9 Å². The maximum absolute atomic E-state index is 12.8. The highest BCUT2D eigenvalue weighted by Crippen LogP contribution is 2.35. The quantitative estimate of drug-likeness (QED) is 0.359. The summed E-state index contributed by atoms with van der Waals surface area (Å²) >= 11 is 0. The van der Waals surface area contributed by atoms with Crippen molar-refractivity contribution in [3.05, 3.63) is 52.1 Å². The number of nitro groups is 1. The average Bonchev–Trinajstić information content (AvgIpc) is 2.76. The minimum absolute atomic E-state index is 0.307. The maximum Gasteiger partial charge on any atom is 0.416 e. The van der Waals surface area contributed by atoms with Gasteiger partial charge in [0.05, 0.1) is 10.5 Å². The van der Waals surface area contributed by atoms with Crippen molar-refractivity contribution < 1.29 is 41.9 Å². The number of benzene rings is 2. The number of alkyl halides is 3. The van der Waals surface area contributed by atoms with E-state index in [4.69, 9.17) is 14.2 Å². The number of fused-ring (bicyclic) bond motifs is 1. The van der Waals surface area contributed by atoms with Crippen LogP contribution >= 0.6 is 0 Å². The first-order valence-corrected chi connectivity index (χ1v) is 9.53. The molecule has 0 spiro atoms. The van der Waals surface area contributed by atoms with E-state index in [1.54, 1.807) is 18.2 Å². The lowest BCUT2D eigenvalue weighted by atomic mass is 10.1. The predicted molar refractivity (Wildman–Crippen MR) is 108 cm³/mol. The predicted octanol–water partition coefficient (Wildman–Crippen LogP) is 3.37. The van der Waals surface area contributed by atoms with E-state index in [9.17, 15) is 32.9 Å². The molecule has 10 nitrogen and oxygen atoms in total. The zero-order chi connectivity index (χ0) is 24.2. The third-order valence-electron chi connectivity index (χ3n) is 4.42. The number of esters is 1. The molecule has 1 unspecified atom stereocenters. The van der Waals surface area contributed by atoms with E-state index in [1.807, 2.05) is 0 Å². The number of halogens is 3. The van der Waals surface area contributed by atoms with Gasteiger partial charge >= 0.3 is 12.1 Å². The summed E-state index contributed by atoms with van der Waals surface area (Å²) < 4.78 is 54.1. The Morgan fingerprint density at radius 2 is 1.85 bits per heavy atom. The molecule has 1 heterocycles. The zero-order valence-corrected chi connectivity index (χ0v) is 17.1. The van der Waals surface area contributed by atoms with Crippen molar-refractivity contribution in [2.24, 2.45) is 0 Å². The summed E-state index contributed by atoms with van der Waals surface area (Å²) in [5.41, 5.74) is -1.99. The third kappa shape index (κ3) is 6.02. The molecule has 1 aliphatic heterocycles. The minimum atomic E-state index is -4.77. The second-order valence-corrected chi connectivity index (χ2v) is 6.87. The number of ether oxygens (including phenoxy) is 3. The number of anilines is 2. The monoisotopic (exact) mass is 469 g/mol. The lowest BCUT2D eigenvalue weighted by Crippen LogP contribution is -2.31. The fourth-order valence-electron chi connectivity index (χ4n) is 2.85. The highest BCUT2D eigenvalue weighted by atomic mass is 19.4. The molecule has 0 aromatic heterocycles. The Bertz CT molecular complexity index is 1080. The average molecular weight is 469 g/mol. The molecule has 176 valence electrons. The van der Waals surface area contributed by atoms with E-state index >= 15 is 0 Å². The van der Waals surface area contributed by atoms with Crippen molar-refractivity contribution in [2.45, 2.75) is 19.1 Å². The lowest BCUT2D eigenvalue weighted by Gasteiger charge is -2.19. The second kappa shape index (κ2) is 9.63. The molecule has 0 saturated carbocycles. The highest BCUT2D eigenvalue weighted by molar-refractivity contribution is 5.93. The molecule has 0 fully saturated rings. The Kier molecular flexibility index (Phi) is 6.89. The molecule has 33 heavy (non-hydrogen) atoms. The molecule has 2 aromatic rings. The first-order chi connectivity index (χ1) is 15.5. The van der Waals surface area contributed by atoms with E-state index in [-0.39, 0.29) is 5.69 Å². The molecule has 1 aliphatic rings. The first kappa shape index (κ1) is 23.6. The fraction of sp³-hybridized carbons (Fsp3) is 0.300. The van der Waals surface area contributed by atoms with Gasteiger partial charge in [-0.2, -0.15) is 13.2 Å². The number of carbonyl (C=O) groups is 2. The van der Waals surface area contributed by atoms with Crippen LogP contribution in [0.5, 0.6) is 11.5 Å². The van der Waals surface area contributed by atoms with E-state index < -0.39 is 46.9 Å². The van der Waals surface area contributed by atoms with Crippen molar-refractivity contribution in [1.82, 2.24) is 0 Å². The molecule has 0 bridgehead atoms. The van der Waals surface area contributed by atoms with Gasteiger partial charge in [0.2, 0.25) is 0 Å². The minimum Gasteiger partial charge on any atom is -0.486 e. The number of hydrogen-bond acceptors (Lipinski definition) is 8. The van der Waals surface area contributed by atoms with Gasteiger partial charge in [-0.1, -0.05) is 0 Å². The highest BCUT2D eigenvalue weighted by Gasteiger charge is 2.33. The van der Waals surface area contributed by atoms with Gasteiger partial charge in [0.15, 0.2) is 18.1 Å². The summed E-state index contributed by atoms with van der Waals surface area (Å²) in [6.07, 6.45) is -4.77. The molecule has 0 aliphatic carbocycles. The van der Waals surface area contributed by atoms with Crippen LogP contribution < -0.4 is 20.1 Å². The molecule has 2 aromatic carbocycles. The number of rotatable bonds is 7. The Balaban J connectivity index is 1.56. The van der Waals surface area contributed by atoms with Crippen LogP contribution in [0.1, 0.15) is 12.5 Å². The first-order valence-electron chi connectivity index (χ1n) is 9.53. The SMILES string of the molecule is CC(Nc1ccc(C(F)(F)F)cc1[N+](=O)[O-])C(=O)OCC(=O)Nc1ccc2c(c1)OCCO2. The zero-order valence-electron chi connectivity index (χ0n) is 17.1. The Morgan fingerprint density at radius 3 is 2.52 bits per heavy atom. The number of hydrogen-bond donors (Lipinski definition) is 2. The van der Waals surface area contributed by atoms with E-state index in [2.05, 4.69) is 10.6 Å². The number of nitrogens with zero attached hydrogens (tertiary/aromatic N) is 1. The summed E-state index contributed by atoms with van der Waals surface area (Å²) in [6, 6.07) is 5.39. The molecular weight excluding hydrogens is 451 g/mol. The Morgan fingerprint density at radius 1 is 1.15 bits per heavy atom. The van der Waals surface area contributed by atoms with Crippen LogP contribution in [0.25, 0.3) is 0 Å². The summed E-state index contributed by atoms with van der Waals surface area (Å²) in [5, 5.41) is 16.1. The van der Waals surface area contributed by atoms with E-state index in [0.29, 0.717) is 42.5 Å². The molecule has 13 heteroatoms. The van der Waals surface area contributed by atoms with Crippen LogP contribution in [0.15, 0.2) is 36.4 Å². The lowest BCUT2D eigenvalue weighted by molar-refractivity contribution is -0.384. The van der Waals surface area contributed by atoms with Gasteiger partial charge in [-0.15, -0.1) is 0 Å². The molecule has 2 N–H and O–H groups in total. The Hall–Kier alpha value is -4.03. The third-order valence-corrected chi connectivity index (χ3v) is 4.42. The van der Waals surface area contributed by atoms with Crippen molar-refractivity contribution in [2.75, 3.05) is 30.5 Å². The van der Waals surface area contributed by atoms with Gasteiger partial charge < -0.3 is 24.8 Å². The summed E-state index contributed by atoms with van der Waals surface area (Å²) in [5.74, 6) is -0.621. The van der Waals surface area contributed by atoms with Crippen LogP contribution in [-0.4, -0.2) is 42.7 Å². The number of nitrogens with one attached hydrogen (secondary N) is 2. The smallest absolute Gasteiger partial charge is 0.416 e. The number of amides is 1. The summed E-state index contributed by atoms with van der Waals surface area (Å²) in [4.78, 5) is 34.4. The van der Waals surface area contributed by atoms with Crippen LogP contribution in [0.2, 0.25) is 0 Å². The van der Waals surface area contributed by atoms with Crippen LogP contribution in [0.4, 0.5) is 30.2 Å². The van der Waals surface area contributed by atoms with Crippen molar-refractivity contribution in [3.8, 4) is 11.5 Å². The molecule has 0 radical (unpaired) electrons. The van der Waals surface area contributed by atoms with Gasteiger partial charge in [-0.05, 0) is 31.2 Å². The van der Waals surface area contributed by atoms with E-state index in [1.165, 1.54) is 6.92 Å².